The third-order valence-corrected chi connectivity index (χ3v) is 4.18. The van der Waals surface area contributed by atoms with E-state index in [1.54, 1.807) is 0 Å². The molecule has 0 aromatic heterocycles. The Morgan fingerprint density at radius 3 is 2.76 bits per heavy atom. The minimum absolute atomic E-state index is 0.0848. The van der Waals surface area contributed by atoms with Gasteiger partial charge < -0.3 is 5.32 Å². The Balaban J connectivity index is 1.94. The largest absolute Gasteiger partial charge is 0.310 e. The minimum Gasteiger partial charge on any atom is -0.310 e. The zero-order valence-electron chi connectivity index (χ0n) is 10.3. The molecule has 2 aliphatic rings. The van der Waals surface area contributed by atoms with Crippen LogP contribution in [0.2, 0.25) is 0 Å². The highest BCUT2D eigenvalue weighted by Crippen LogP contribution is 2.31. The van der Waals surface area contributed by atoms with Gasteiger partial charge in [0.25, 0.3) is 0 Å². The van der Waals surface area contributed by atoms with E-state index >= 15 is 0 Å². The summed E-state index contributed by atoms with van der Waals surface area (Å²) in [6.45, 7) is 1.03. The van der Waals surface area contributed by atoms with Crippen LogP contribution in [0.25, 0.3) is 0 Å². The first-order chi connectivity index (χ1) is 8.36. The van der Waals surface area contributed by atoms with Gasteiger partial charge in [-0.1, -0.05) is 18.6 Å². The molecule has 17 heavy (non-hydrogen) atoms. The molecule has 0 radical (unpaired) electrons. The second-order valence-corrected chi connectivity index (χ2v) is 5.32. The molecule has 92 valence electrons. The molecule has 3 rings (SSSR count). The predicted molar refractivity (Wildman–Crippen MR) is 67.6 cm³/mol. The quantitative estimate of drug-likeness (QED) is 0.782. The summed E-state index contributed by atoms with van der Waals surface area (Å²) < 4.78 is 14.5. The second-order valence-electron chi connectivity index (χ2n) is 5.32. The van der Waals surface area contributed by atoms with Crippen LogP contribution in [-0.4, -0.2) is 6.54 Å². The summed E-state index contributed by atoms with van der Waals surface area (Å²) in [6.07, 6.45) is 7.87. The number of fused-ring (bicyclic) bond motifs is 1. The zero-order valence-corrected chi connectivity index (χ0v) is 10.3. The molecule has 1 N–H and O–H groups in total. The van der Waals surface area contributed by atoms with Crippen LogP contribution in [0.4, 0.5) is 4.39 Å². The lowest BCUT2D eigenvalue weighted by atomic mass is 9.87. The number of nitrogens with one attached hydrogen (secondary N) is 1. The lowest BCUT2D eigenvalue weighted by Crippen LogP contribution is -2.28. The summed E-state index contributed by atoms with van der Waals surface area (Å²) in [5, 5.41) is 3.44. The molecular formula is C15H20FN. The Hall–Kier alpha value is -0.890. The van der Waals surface area contributed by atoms with Crippen molar-refractivity contribution in [3.63, 3.8) is 0 Å². The van der Waals surface area contributed by atoms with Crippen molar-refractivity contribution < 1.29 is 4.39 Å². The van der Waals surface area contributed by atoms with Gasteiger partial charge in [0.15, 0.2) is 0 Å². The molecule has 1 atom stereocenters. The van der Waals surface area contributed by atoms with Gasteiger partial charge in [-0.05, 0) is 56.2 Å². The van der Waals surface area contributed by atoms with Gasteiger partial charge in [-0.15, -0.1) is 0 Å². The fourth-order valence-corrected chi connectivity index (χ4v) is 3.19. The molecule has 2 heteroatoms. The number of aryl methyl sites for hydroxylation is 1. The van der Waals surface area contributed by atoms with E-state index in [0.717, 1.165) is 43.4 Å². The van der Waals surface area contributed by atoms with Gasteiger partial charge in [0.2, 0.25) is 0 Å². The van der Waals surface area contributed by atoms with Crippen LogP contribution in [-0.2, 0) is 12.8 Å². The smallest absolute Gasteiger partial charge is 0.131 e. The van der Waals surface area contributed by atoms with Crippen LogP contribution in [0.1, 0.15) is 54.8 Å². The van der Waals surface area contributed by atoms with E-state index < -0.39 is 0 Å². The molecular weight excluding hydrogens is 213 g/mol. The van der Waals surface area contributed by atoms with Crippen LogP contribution in [0, 0.1) is 5.82 Å². The average Bonchev–Trinajstić information content (AvgIpc) is 2.40. The van der Waals surface area contributed by atoms with E-state index in [1.807, 2.05) is 6.07 Å². The molecule has 1 saturated heterocycles. The molecule has 1 fully saturated rings. The van der Waals surface area contributed by atoms with E-state index in [-0.39, 0.29) is 11.9 Å². The van der Waals surface area contributed by atoms with Gasteiger partial charge in [0, 0.05) is 11.6 Å². The molecule has 0 amide bonds. The van der Waals surface area contributed by atoms with Crippen molar-refractivity contribution in [3.05, 3.63) is 34.6 Å². The van der Waals surface area contributed by atoms with Gasteiger partial charge in [0.05, 0.1) is 0 Å². The summed E-state index contributed by atoms with van der Waals surface area (Å²) in [5.74, 6) is 0.0848. The molecule has 1 aliphatic carbocycles. The number of halogens is 1. The summed E-state index contributed by atoms with van der Waals surface area (Å²) >= 11 is 0. The lowest BCUT2D eigenvalue weighted by molar-refractivity contribution is 0.397. The molecule has 1 nitrogen and oxygen atoms in total. The van der Waals surface area contributed by atoms with Gasteiger partial charge >= 0.3 is 0 Å². The Morgan fingerprint density at radius 1 is 1.06 bits per heavy atom. The SMILES string of the molecule is Fc1c(C2CCCCN2)ccc2c1CCCC2. The molecule has 0 bridgehead atoms. The Bertz CT molecular complexity index is 408. The number of hydrogen-bond acceptors (Lipinski definition) is 1. The predicted octanol–water partition coefficient (Wildman–Crippen LogP) is 3.52. The van der Waals surface area contributed by atoms with Crippen molar-refractivity contribution in [2.45, 2.75) is 51.0 Å². The number of piperidine rings is 1. The van der Waals surface area contributed by atoms with Crippen molar-refractivity contribution >= 4 is 0 Å². The normalized spacial score (nSPS) is 24.4. The maximum Gasteiger partial charge on any atom is 0.131 e. The van der Waals surface area contributed by atoms with Crippen molar-refractivity contribution in [2.75, 3.05) is 6.54 Å². The van der Waals surface area contributed by atoms with Crippen LogP contribution in [0.15, 0.2) is 12.1 Å². The summed E-state index contributed by atoms with van der Waals surface area (Å²) in [7, 11) is 0. The van der Waals surface area contributed by atoms with Crippen LogP contribution >= 0.6 is 0 Å². The zero-order chi connectivity index (χ0) is 11.7. The monoisotopic (exact) mass is 233 g/mol. The van der Waals surface area contributed by atoms with Gasteiger partial charge in [-0.3, -0.25) is 0 Å². The molecule has 0 spiro atoms. The lowest BCUT2D eigenvalue weighted by Gasteiger charge is -2.26. The maximum atomic E-state index is 14.5. The van der Waals surface area contributed by atoms with E-state index in [0.29, 0.717) is 0 Å². The Morgan fingerprint density at radius 2 is 1.94 bits per heavy atom. The van der Waals surface area contributed by atoms with Crippen LogP contribution in [0.5, 0.6) is 0 Å². The van der Waals surface area contributed by atoms with Gasteiger partial charge in [-0.25, -0.2) is 4.39 Å². The molecule has 0 saturated carbocycles. The van der Waals surface area contributed by atoms with Crippen LogP contribution in [0.3, 0.4) is 0 Å². The Labute approximate surface area is 102 Å². The first-order valence-corrected chi connectivity index (χ1v) is 6.90. The standard InChI is InChI=1S/C15H20FN/c16-15-12-6-2-1-5-11(12)8-9-13(15)14-7-3-4-10-17-14/h8-9,14,17H,1-7,10H2. The van der Waals surface area contributed by atoms with E-state index in [4.69, 9.17) is 0 Å². The highest BCUT2D eigenvalue weighted by Gasteiger charge is 2.22. The van der Waals surface area contributed by atoms with Crippen molar-refractivity contribution in [2.24, 2.45) is 0 Å². The second kappa shape index (κ2) is 4.77. The molecule has 1 unspecified atom stereocenters. The number of rotatable bonds is 1. The van der Waals surface area contributed by atoms with Gasteiger partial charge in [-0.2, -0.15) is 0 Å². The van der Waals surface area contributed by atoms with Gasteiger partial charge in [0.1, 0.15) is 5.82 Å². The average molecular weight is 233 g/mol. The van der Waals surface area contributed by atoms with Crippen LogP contribution < -0.4 is 5.32 Å². The molecule has 1 aromatic carbocycles. The minimum atomic E-state index is 0.0848. The Kier molecular flexibility index (Phi) is 3.15. The topological polar surface area (TPSA) is 12.0 Å². The molecule has 1 aliphatic heterocycles. The number of hydrogen-bond donors (Lipinski definition) is 1. The summed E-state index contributed by atoms with van der Waals surface area (Å²) in [4.78, 5) is 0. The summed E-state index contributed by atoms with van der Waals surface area (Å²) in [5.41, 5.74) is 3.15. The van der Waals surface area contributed by atoms with E-state index in [9.17, 15) is 4.39 Å². The summed E-state index contributed by atoms with van der Waals surface area (Å²) in [6, 6.07) is 4.42. The van der Waals surface area contributed by atoms with Crippen molar-refractivity contribution in [3.8, 4) is 0 Å². The van der Waals surface area contributed by atoms with Crippen molar-refractivity contribution in [1.82, 2.24) is 5.32 Å². The molecule has 1 aromatic rings. The third-order valence-electron chi connectivity index (χ3n) is 4.18. The first kappa shape index (κ1) is 11.2. The molecule has 1 heterocycles. The van der Waals surface area contributed by atoms with E-state index in [1.165, 1.54) is 24.8 Å². The number of benzene rings is 1. The fourth-order valence-electron chi connectivity index (χ4n) is 3.19. The third kappa shape index (κ3) is 2.11. The first-order valence-electron chi connectivity index (χ1n) is 6.90. The van der Waals surface area contributed by atoms with E-state index in [2.05, 4.69) is 11.4 Å². The highest BCUT2D eigenvalue weighted by atomic mass is 19.1. The fraction of sp³-hybridized carbons (Fsp3) is 0.600. The van der Waals surface area contributed by atoms with Crippen molar-refractivity contribution in [1.29, 1.82) is 0 Å². The highest BCUT2D eigenvalue weighted by molar-refractivity contribution is 5.37. The maximum absolute atomic E-state index is 14.5.